The highest BCUT2D eigenvalue weighted by atomic mass is 16.1. The molecular formula is C15H21N3O. The fourth-order valence-corrected chi connectivity index (χ4v) is 2.16. The molecule has 1 unspecified atom stereocenters. The number of benzene rings is 1. The summed E-state index contributed by atoms with van der Waals surface area (Å²) >= 11 is 0. The largest absolute Gasteiger partial charge is 0.346 e. The number of nitrogens with one attached hydrogen (secondary N) is 1. The Labute approximate surface area is 114 Å². The van der Waals surface area contributed by atoms with Crippen molar-refractivity contribution in [1.29, 1.82) is 5.26 Å². The number of rotatable bonds is 5. The fourth-order valence-electron chi connectivity index (χ4n) is 2.16. The molecule has 0 aliphatic carbocycles. The van der Waals surface area contributed by atoms with E-state index < -0.39 is 5.54 Å². The number of hydrogen-bond acceptors (Lipinski definition) is 3. The molecule has 102 valence electrons. The van der Waals surface area contributed by atoms with Crippen LogP contribution in [-0.4, -0.2) is 18.0 Å². The molecular weight excluding hydrogens is 238 g/mol. The van der Waals surface area contributed by atoms with Crippen molar-refractivity contribution in [3.05, 3.63) is 35.4 Å². The molecule has 0 heterocycles. The van der Waals surface area contributed by atoms with Crippen LogP contribution in [-0.2, 0) is 0 Å². The Morgan fingerprint density at radius 2 is 2.21 bits per heavy atom. The number of carbonyl (C=O) groups is 1. The standard InChI is InChI=1S/C15H21N3O/c1-11(2)8-15(3,10-17)18-14(19)13-6-4-5-12(7-13)9-16/h4-7,11H,8,10,17H2,1-3H3,(H,18,19). The van der Waals surface area contributed by atoms with Crippen LogP contribution in [0.2, 0.25) is 0 Å². The molecule has 4 nitrogen and oxygen atoms in total. The second-order valence-electron chi connectivity index (χ2n) is 5.51. The van der Waals surface area contributed by atoms with Gasteiger partial charge in [0.2, 0.25) is 0 Å². The summed E-state index contributed by atoms with van der Waals surface area (Å²) in [5, 5.41) is 11.8. The average molecular weight is 259 g/mol. The Morgan fingerprint density at radius 1 is 1.53 bits per heavy atom. The molecule has 1 amide bonds. The molecule has 19 heavy (non-hydrogen) atoms. The monoisotopic (exact) mass is 259 g/mol. The molecule has 0 aromatic heterocycles. The number of hydrogen-bond donors (Lipinski definition) is 2. The van der Waals surface area contributed by atoms with Gasteiger partial charge in [0.1, 0.15) is 0 Å². The maximum Gasteiger partial charge on any atom is 0.251 e. The van der Waals surface area contributed by atoms with Gasteiger partial charge in [-0.1, -0.05) is 19.9 Å². The summed E-state index contributed by atoms with van der Waals surface area (Å²) in [4.78, 5) is 12.2. The van der Waals surface area contributed by atoms with Crippen LogP contribution in [0.1, 0.15) is 43.1 Å². The molecule has 1 aromatic carbocycles. The second kappa shape index (κ2) is 6.35. The maximum absolute atomic E-state index is 12.2. The predicted molar refractivity (Wildman–Crippen MR) is 75.5 cm³/mol. The smallest absolute Gasteiger partial charge is 0.251 e. The SMILES string of the molecule is CC(C)CC(C)(CN)NC(=O)c1cccc(C#N)c1. The van der Waals surface area contributed by atoms with Crippen molar-refractivity contribution in [2.24, 2.45) is 11.7 Å². The minimum absolute atomic E-state index is 0.189. The first-order valence-electron chi connectivity index (χ1n) is 6.43. The van der Waals surface area contributed by atoms with E-state index >= 15 is 0 Å². The first-order valence-corrected chi connectivity index (χ1v) is 6.43. The zero-order valence-corrected chi connectivity index (χ0v) is 11.7. The lowest BCUT2D eigenvalue weighted by atomic mass is 9.90. The van der Waals surface area contributed by atoms with E-state index in [0.717, 1.165) is 6.42 Å². The molecule has 0 spiro atoms. The van der Waals surface area contributed by atoms with Crippen LogP contribution < -0.4 is 11.1 Å². The van der Waals surface area contributed by atoms with Crippen LogP contribution in [0.3, 0.4) is 0 Å². The van der Waals surface area contributed by atoms with Crippen LogP contribution in [0.4, 0.5) is 0 Å². The molecule has 1 aromatic rings. The van der Waals surface area contributed by atoms with Gasteiger partial charge >= 0.3 is 0 Å². The first-order chi connectivity index (χ1) is 8.90. The van der Waals surface area contributed by atoms with Gasteiger partial charge in [0.15, 0.2) is 0 Å². The first kappa shape index (κ1) is 15.2. The molecule has 1 rings (SSSR count). The summed E-state index contributed by atoms with van der Waals surface area (Å²) in [5.41, 5.74) is 6.31. The van der Waals surface area contributed by atoms with Gasteiger partial charge < -0.3 is 11.1 Å². The Hall–Kier alpha value is -1.86. The van der Waals surface area contributed by atoms with Crippen molar-refractivity contribution in [3.8, 4) is 6.07 Å². The lowest BCUT2D eigenvalue weighted by Gasteiger charge is -2.31. The summed E-state index contributed by atoms with van der Waals surface area (Å²) in [5.74, 6) is 0.255. The zero-order valence-electron chi connectivity index (χ0n) is 11.7. The van der Waals surface area contributed by atoms with E-state index in [1.54, 1.807) is 24.3 Å². The maximum atomic E-state index is 12.2. The van der Waals surface area contributed by atoms with Crippen molar-refractivity contribution in [1.82, 2.24) is 5.32 Å². The van der Waals surface area contributed by atoms with Gasteiger partial charge in [0.25, 0.3) is 5.91 Å². The minimum atomic E-state index is -0.423. The Kier molecular flexibility index (Phi) is 5.08. The van der Waals surface area contributed by atoms with Gasteiger partial charge in [-0.3, -0.25) is 4.79 Å². The van der Waals surface area contributed by atoms with Crippen molar-refractivity contribution >= 4 is 5.91 Å². The van der Waals surface area contributed by atoms with Gasteiger partial charge in [0, 0.05) is 17.6 Å². The fraction of sp³-hybridized carbons (Fsp3) is 0.467. The van der Waals surface area contributed by atoms with Crippen LogP contribution in [0, 0.1) is 17.2 Å². The van der Waals surface area contributed by atoms with Crippen LogP contribution in [0.15, 0.2) is 24.3 Å². The highest BCUT2D eigenvalue weighted by Gasteiger charge is 2.26. The van der Waals surface area contributed by atoms with Crippen molar-refractivity contribution < 1.29 is 4.79 Å². The van der Waals surface area contributed by atoms with Gasteiger partial charge in [-0.2, -0.15) is 5.26 Å². The second-order valence-corrected chi connectivity index (χ2v) is 5.51. The van der Waals surface area contributed by atoms with Gasteiger partial charge in [0.05, 0.1) is 11.6 Å². The van der Waals surface area contributed by atoms with E-state index in [1.807, 2.05) is 13.0 Å². The van der Waals surface area contributed by atoms with E-state index in [1.165, 1.54) is 0 Å². The summed E-state index contributed by atoms with van der Waals surface area (Å²) in [7, 11) is 0. The number of carbonyl (C=O) groups excluding carboxylic acids is 1. The summed E-state index contributed by atoms with van der Waals surface area (Å²) in [6.07, 6.45) is 0.813. The van der Waals surface area contributed by atoms with E-state index in [2.05, 4.69) is 19.2 Å². The lowest BCUT2D eigenvalue weighted by Crippen LogP contribution is -2.52. The van der Waals surface area contributed by atoms with Gasteiger partial charge in [-0.25, -0.2) is 0 Å². The van der Waals surface area contributed by atoms with E-state index in [9.17, 15) is 4.79 Å². The molecule has 0 saturated carbocycles. The molecule has 0 saturated heterocycles. The molecule has 3 N–H and O–H groups in total. The van der Waals surface area contributed by atoms with E-state index in [-0.39, 0.29) is 5.91 Å². The topological polar surface area (TPSA) is 78.9 Å². The predicted octanol–water partition coefficient (Wildman–Crippen LogP) is 2.05. The van der Waals surface area contributed by atoms with E-state index in [0.29, 0.717) is 23.6 Å². The molecule has 0 bridgehead atoms. The molecule has 1 atom stereocenters. The molecule has 0 radical (unpaired) electrons. The summed E-state index contributed by atoms with van der Waals surface area (Å²) < 4.78 is 0. The van der Waals surface area contributed by atoms with Gasteiger partial charge in [-0.15, -0.1) is 0 Å². The third-order valence-electron chi connectivity index (χ3n) is 2.98. The van der Waals surface area contributed by atoms with Crippen molar-refractivity contribution in [3.63, 3.8) is 0 Å². The van der Waals surface area contributed by atoms with Crippen molar-refractivity contribution in [2.45, 2.75) is 32.7 Å². The number of nitriles is 1. The van der Waals surface area contributed by atoms with Crippen LogP contribution in [0.5, 0.6) is 0 Å². The van der Waals surface area contributed by atoms with Crippen LogP contribution >= 0.6 is 0 Å². The van der Waals surface area contributed by atoms with Crippen molar-refractivity contribution in [2.75, 3.05) is 6.54 Å². The molecule has 4 heteroatoms. The Balaban J connectivity index is 2.85. The Bertz CT molecular complexity index is 490. The summed E-state index contributed by atoms with van der Waals surface area (Å²) in [6.45, 7) is 6.51. The number of nitrogens with two attached hydrogens (primary N) is 1. The third kappa shape index (κ3) is 4.38. The third-order valence-corrected chi connectivity index (χ3v) is 2.98. The van der Waals surface area contributed by atoms with Gasteiger partial charge in [-0.05, 0) is 37.5 Å². The summed E-state index contributed by atoms with van der Waals surface area (Å²) in [6, 6.07) is 8.69. The lowest BCUT2D eigenvalue weighted by molar-refractivity contribution is 0.0898. The normalized spacial score (nSPS) is 13.7. The Morgan fingerprint density at radius 3 is 2.74 bits per heavy atom. The highest BCUT2D eigenvalue weighted by molar-refractivity contribution is 5.95. The average Bonchev–Trinajstić information content (AvgIpc) is 2.37. The van der Waals surface area contributed by atoms with E-state index in [4.69, 9.17) is 11.0 Å². The highest BCUT2D eigenvalue weighted by Crippen LogP contribution is 2.16. The number of amides is 1. The minimum Gasteiger partial charge on any atom is -0.346 e. The quantitative estimate of drug-likeness (QED) is 0.849. The number of nitrogens with zero attached hydrogens (tertiary/aromatic N) is 1. The van der Waals surface area contributed by atoms with Crippen LogP contribution in [0.25, 0.3) is 0 Å². The molecule has 0 fully saturated rings. The molecule has 0 aliphatic heterocycles. The molecule has 0 aliphatic rings. The zero-order chi connectivity index (χ0) is 14.5.